The number of hydrogen-bond acceptors (Lipinski definition) is 2. The van der Waals surface area contributed by atoms with Crippen molar-refractivity contribution >= 4 is 5.97 Å². The van der Waals surface area contributed by atoms with Crippen molar-refractivity contribution in [3.63, 3.8) is 0 Å². The lowest BCUT2D eigenvalue weighted by Gasteiger charge is -2.41. The van der Waals surface area contributed by atoms with Crippen LogP contribution in [0, 0.1) is 35.5 Å². The highest BCUT2D eigenvalue weighted by atomic mass is 19.3. The summed E-state index contributed by atoms with van der Waals surface area (Å²) in [5.74, 6) is -7.33. The van der Waals surface area contributed by atoms with Gasteiger partial charge in [0.05, 0.1) is 5.92 Å². The number of rotatable bonds is 8. The van der Waals surface area contributed by atoms with Crippen molar-refractivity contribution in [1.29, 1.82) is 0 Å². The van der Waals surface area contributed by atoms with Crippen molar-refractivity contribution < 1.29 is 27.1 Å². The molecule has 37 heavy (non-hydrogen) atoms. The molecule has 0 aliphatic heterocycles. The van der Waals surface area contributed by atoms with E-state index in [0.717, 1.165) is 42.7 Å². The number of esters is 1. The molecule has 0 amide bonds. The Bertz CT molecular complexity index is 824. The van der Waals surface area contributed by atoms with E-state index in [1.165, 1.54) is 64.2 Å². The standard InChI is InChI=1S/C31H46F4O2/c1-3-5-21-7-9-22(10-8-21)23-11-13-24(14-12-23)25-15-17-26(18-16-25)29(36)37-28-20-19-27(6-4-2)30(32,33)31(28,34)35/h19-26H,3-18H2,1-2H3. The molecule has 0 radical (unpaired) electrons. The van der Waals surface area contributed by atoms with Gasteiger partial charge in [0.2, 0.25) is 0 Å². The summed E-state index contributed by atoms with van der Waals surface area (Å²) in [4.78, 5) is 12.7. The van der Waals surface area contributed by atoms with Crippen LogP contribution < -0.4 is 0 Å². The molecule has 0 N–H and O–H groups in total. The zero-order valence-corrected chi connectivity index (χ0v) is 22.8. The number of carbonyl (C=O) groups is 1. The van der Waals surface area contributed by atoms with Gasteiger partial charge in [0, 0.05) is 5.57 Å². The molecule has 0 bridgehead atoms. The molecule has 0 saturated heterocycles. The van der Waals surface area contributed by atoms with Gasteiger partial charge in [-0.15, -0.1) is 0 Å². The third kappa shape index (κ3) is 6.30. The summed E-state index contributed by atoms with van der Waals surface area (Å²) in [5.41, 5.74) is -0.612. The zero-order valence-electron chi connectivity index (χ0n) is 22.8. The van der Waals surface area contributed by atoms with Crippen LogP contribution in [0.3, 0.4) is 0 Å². The van der Waals surface area contributed by atoms with Crippen molar-refractivity contribution in [3.8, 4) is 0 Å². The molecule has 0 unspecified atom stereocenters. The second-order valence-corrected chi connectivity index (χ2v) is 12.4. The van der Waals surface area contributed by atoms with Crippen LogP contribution in [-0.2, 0) is 9.53 Å². The molecule has 0 aromatic carbocycles. The highest BCUT2D eigenvalue weighted by molar-refractivity contribution is 5.74. The summed E-state index contributed by atoms with van der Waals surface area (Å²) in [6.07, 6.45) is 18.5. The summed E-state index contributed by atoms with van der Waals surface area (Å²) in [5, 5.41) is 0. The van der Waals surface area contributed by atoms with Gasteiger partial charge in [0.15, 0.2) is 5.76 Å². The Morgan fingerprint density at radius 3 is 1.70 bits per heavy atom. The van der Waals surface area contributed by atoms with E-state index >= 15 is 0 Å². The average molecular weight is 527 g/mol. The minimum atomic E-state index is -4.51. The van der Waals surface area contributed by atoms with Crippen molar-refractivity contribution in [2.24, 2.45) is 35.5 Å². The predicted octanol–water partition coefficient (Wildman–Crippen LogP) is 9.64. The number of hydrogen-bond donors (Lipinski definition) is 0. The lowest BCUT2D eigenvalue weighted by atomic mass is 9.65. The number of carbonyl (C=O) groups excluding carboxylic acids is 1. The Morgan fingerprint density at radius 1 is 0.730 bits per heavy atom. The van der Waals surface area contributed by atoms with Crippen molar-refractivity contribution in [2.75, 3.05) is 0 Å². The van der Waals surface area contributed by atoms with Crippen LogP contribution in [0.4, 0.5) is 17.6 Å². The van der Waals surface area contributed by atoms with Crippen LogP contribution in [0.25, 0.3) is 0 Å². The highest BCUT2D eigenvalue weighted by Crippen LogP contribution is 2.50. The van der Waals surface area contributed by atoms with Crippen LogP contribution in [0.1, 0.15) is 117 Å². The molecule has 210 valence electrons. The summed E-state index contributed by atoms with van der Waals surface area (Å²) >= 11 is 0. The van der Waals surface area contributed by atoms with Crippen LogP contribution >= 0.6 is 0 Å². The lowest BCUT2D eigenvalue weighted by molar-refractivity contribution is -0.192. The topological polar surface area (TPSA) is 26.3 Å². The van der Waals surface area contributed by atoms with Gasteiger partial charge < -0.3 is 4.74 Å². The van der Waals surface area contributed by atoms with E-state index in [4.69, 9.17) is 4.74 Å². The minimum absolute atomic E-state index is 0.119. The fraction of sp³-hybridized carbons (Fsp3) is 0.839. The van der Waals surface area contributed by atoms with Gasteiger partial charge in [-0.1, -0.05) is 52.0 Å². The smallest absolute Gasteiger partial charge is 0.370 e. The van der Waals surface area contributed by atoms with Gasteiger partial charge in [-0.2, -0.15) is 17.6 Å². The van der Waals surface area contributed by atoms with Gasteiger partial charge in [0.25, 0.3) is 0 Å². The van der Waals surface area contributed by atoms with Crippen LogP contribution in [0.5, 0.6) is 0 Å². The molecular formula is C31H46F4O2. The molecule has 0 heterocycles. The second-order valence-electron chi connectivity index (χ2n) is 12.4. The van der Waals surface area contributed by atoms with E-state index in [2.05, 4.69) is 6.92 Å². The Morgan fingerprint density at radius 2 is 1.22 bits per heavy atom. The van der Waals surface area contributed by atoms with Crippen LogP contribution in [0.15, 0.2) is 23.5 Å². The molecule has 4 aliphatic rings. The van der Waals surface area contributed by atoms with E-state index in [1.54, 1.807) is 6.92 Å². The maximum absolute atomic E-state index is 14.5. The Kier molecular flexibility index (Phi) is 9.48. The second kappa shape index (κ2) is 12.2. The summed E-state index contributed by atoms with van der Waals surface area (Å²) < 4.78 is 62.8. The van der Waals surface area contributed by atoms with Crippen molar-refractivity contribution in [1.82, 2.24) is 0 Å². The largest absolute Gasteiger partial charge is 0.424 e. The summed E-state index contributed by atoms with van der Waals surface area (Å²) in [6.45, 7) is 3.95. The Hall–Kier alpha value is -1.33. The van der Waals surface area contributed by atoms with Gasteiger partial charge in [-0.05, 0) is 106 Å². The third-order valence-electron chi connectivity index (χ3n) is 10.1. The molecule has 4 rings (SSSR count). The van der Waals surface area contributed by atoms with Gasteiger partial charge in [0.1, 0.15) is 0 Å². The molecule has 0 spiro atoms. The van der Waals surface area contributed by atoms with Crippen LogP contribution in [-0.4, -0.2) is 17.8 Å². The molecule has 6 heteroatoms. The molecule has 3 fully saturated rings. The van der Waals surface area contributed by atoms with Gasteiger partial charge in [-0.25, -0.2) is 0 Å². The van der Waals surface area contributed by atoms with Crippen LogP contribution in [0.2, 0.25) is 0 Å². The summed E-state index contributed by atoms with van der Waals surface area (Å²) in [6, 6.07) is 0. The summed E-state index contributed by atoms with van der Waals surface area (Å²) in [7, 11) is 0. The number of ether oxygens (including phenoxy) is 1. The van der Waals surface area contributed by atoms with E-state index in [9.17, 15) is 22.4 Å². The fourth-order valence-corrected chi connectivity index (χ4v) is 7.81. The first-order valence-electron chi connectivity index (χ1n) is 15.1. The number of allylic oxidation sites excluding steroid dienone is 4. The van der Waals surface area contributed by atoms with Gasteiger partial charge >= 0.3 is 17.8 Å². The fourth-order valence-electron chi connectivity index (χ4n) is 7.81. The van der Waals surface area contributed by atoms with Crippen molar-refractivity contribution in [3.05, 3.63) is 23.5 Å². The Balaban J connectivity index is 1.22. The average Bonchev–Trinajstić information content (AvgIpc) is 2.90. The maximum Gasteiger partial charge on any atom is 0.370 e. The first-order valence-corrected chi connectivity index (χ1v) is 15.1. The molecule has 2 nitrogen and oxygen atoms in total. The van der Waals surface area contributed by atoms with Crippen molar-refractivity contribution in [2.45, 2.75) is 128 Å². The van der Waals surface area contributed by atoms with E-state index in [-0.39, 0.29) is 6.42 Å². The molecule has 0 aromatic heterocycles. The van der Waals surface area contributed by atoms with E-state index < -0.39 is 35.1 Å². The number of halogens is 4. The number of alkyl halides is 4. The van der Waals surface area contributed by atoms with E-state index in [1.807, 2.05) is 0 Å². The SMILES string of the molecule is CCCC1=CC=C(OC(=O)C2CCC(C3CCC(C4CCC(CCC)CC4)CC3)CC2)C(F)(F)C1(F)F. The molecule has 0 atom stereocenters. The van der Waals surface area contributed by atoms with E-state index in [0.29, 0.717) is 31.1 Å². The molecule has 3 saturated carbocycles. The minimum Gasteiger partial charge on any atom is -0.424 e. The lowest BCUT2D eigenvalue weighted by Crippen LogP contribution is -2.46. The third-order valence-corrected chi connectivity index (χ3v) is 10.1. The predicted molar refractivity (Wildman–Crippen MR) is 138 cm³/mol. The normalized spacial score (nSPS) is 35.8. The van der Waals surface area contributed by atoms with Gasteiger partial charge in [-0.3, -0.25) is 4.79 Å². The Labute approximate surface area is 220 Å². The molecule has 4 aliphatic carbocycles. The maximum atomic E-state index is 14.5. The highest BCUT2D eigenvalue weighted by Gasteiger charge is 2.63. The molecular weight excluding hydrogens is 480 g/mol. The monoisotopic (exact) mass is 526 g/mol. The first-order chi connectivity index (χ1) is 17.7. The zero-order chi connectivity index (χ0) is 26.6. The first kappa shape index (κ1) is 28.7. The molecule has 0 aromatic rings. The quantitative estimate of drug-likeness (QED) is 0.232.